The summed E-state index contributed by atoms with van der Waals surface area (Å²) in [7, 11) is 1.66. The Labute approximate surface area is 119 Å². The molecule has 0 saturated carbocycles. The molecule has 2 aromatic rings. The minimum Gasteiger partial charge on any atom is -0.397 e. The maximum absolute atomic E-state index is 6.01. The van der Waals surface area contributed by atoms with Crippen LogP contribution in [-0.2, 0) is 20.8 Å². The Morgan fingerprint density at radius 2 is 1.75 bits per heavy atom. The highest BCUT2D eigenvalue weighted by Gasteiger charge is 2.03. The van der Waals surface area contributed by atoms with Crippen LogP contribution in [0.25, 0.3) is 10.9 Å². The number of ether oxygens (including phenoxy) is 3. The van der Waals surface area contributed by atoms with Crippen molar-refractivity contribution in [2.24, 2.45) is 0 Å². The molecular weight excluding hydrogens is 256 g/mol. The molecule has 0 amide bonds. The number of benzene rings is 1. The molecule has 0 unspecified atom stereocenters. The maximum Gasteiger partial charge on any atom is 0.0714 e. The number of fused-ring (bicyclic) bond motifs is 1. The zero-order valence-corrected chi connectivity index (χ0v) is 11.9. The molecule has 0 spiro atoms. The number of nitrogens with zero attached hydrogens (tertiary/aromatic N) is 1. The normalized spacial score (nSPS) is 11.2. The zero-order valence-electron chi connectivity index (χ0n) is 11.9. The van der Waals surface area contributed by atoms with E-state index >= 15 is 0 Å². The van der Waals surface area contributed by atoms with Crippen molar-refractivity contribution >= 4 is 16.6 Å². The van der Waals surface area contributed by atoms with Crippen LogP contribution >= 0.6 is 0 Å². The van der Waals surface area contributed by atoms with Crippen molar-refractivity contribution in [1.29, 1.82) is 0 Å². The van der Waals surface area contributed by atoms with Crippen LogP contribution in [0.3, 0.4) is 0 Å². The summed E-state index contributed by atoms with van der Waals surface area (Å²) < 4.78 is 17.9. The van der Waals surface area contributed by atoms with Gasteiger partial charge < -0.3 is 24.5 Å². The minimum absolute atomic E-state index is 0.595. The number of nitrogens with two attached hydrogens (primary N) is 1. The van der Waals surface area contributed by atoms with Gasteiger partial charge in [-0.15, -0.1) is 0 Å². The minimum atomic E-state index is 0.595. The second-order valence-electron chi connectivity index (χ2n) is 4.51. The Balaban J connectivity index is 1.71. The van der Waals surface area contributed by atoms with E-state index in [4.69, 9.17) is 19.9 Å². The van der Waals surface area contributed by atoms with Crippen LogP contribution in [0.2, 0.25) is 0 Å². The summed E-state index contributed by atoms with van der Waals surface area (Å²) in [5.41, 5.74) is 7.88. The molecule has 110 valence electrons. The van der Waals surface area contributed by atoms with Crippen LogP contribution in [0.5, 0.6) is 0 Å². The van der Waals surface area contributed by atoms with Gasteiger partial charge in [0.15, 0.2) is 0 Å². The predicted molar refractivity (Wildman–Crippen MR) is 79.9 cm³/mol. The van der Waals surface area contributed by atoms with E-state index in [1.165, 1.54) is 0 Å². The van der Waals surface area contributed by atoms with E-state index in [9.17, 15) is 0 Å². The first-order chi connectivity index (χ1) is 9.83. The van der Waals surface area contributed by atoms with Crippen molar-refractivity contribution in [3.63, 3.8) is 0 Å². The molecule has 0 aliphatic heterocycles. The van der Waals surface area contributed by atoms with Crippen molar-refractivity contribution in [2.45, 2.75) is 6.54 Å². The van der Waals surface area contributed by atoms with Gasteiger partial charge in [0.25, 0.3) is 0 Å². The summed E-state index contributed by atoms with van der Waals surface area (Å²) in [5.74, 6) is 0. The third kappa shape index (κ3) is 3.96. The van der Waals surface area contributed by atoms with E-state index in [1.54, 1.807) is 7.11 Å². The van der Waals surface area contributed by atoms with Gasteiger partial charge in [-0.1, -0.05) is 12.1 Å². The average molecular weight is 278 g/mol. The zero-order chi connectivity index (χ0) is 14.2. The molecule has 5 nitrogen and oxygen atoms in total. The molecule has 5 heteroatoms. The molecule has 1 aromatic heterocycles. The lowest BCUT2D eigenvalue weighted by Gasteiger charge is -2.08. The van der Waals surface area contributed by atoms with Gasteiger partial charge in [-0.25, -0.2) is 0 Å². The van der Waals surface area contributed by atoms with Crippen molar-refractivity contribution in [2.75, 3.05) is 45.9 Å². The summed E-state index contributed by atoms with van der Waals surface area (Å²) in [5, 5.41) is 1.16. The van der Waals surface area contributed by atoms with Crippen LogP contribution in [0, 0.1) is 0 Å². The van der Waals surface area contributed by atoms with Gasteiger partial charge in [-0.3, -0.25) is 0 Å². The Morgan fingerprint density at radius 3 is 2.55 bits per heavy atom. The van der Waals surface area contributed by atoms with Crippen molar-refractivity contribution < 1.29 is 14.2 Å². The van der Waals surface area contributed by atoms with Gasteiger partial charge in [0.1, 0.15) is 0 Å². The van der Waals surface area contributed by atoms with Gasteiger partial charge >= 0.3 is 0 Å². The molecule has 0 fully saturated rings. The van der Waals surface area contributed by atoms with Crippen LogP contribution in [0.1, 0.15) is 0 Å². The summed E-state index contributed by atoms with van der Waals surface area (Å²) in [4.78, 5) is 0. The van der Waals surface area contributed by atoms with Crippen molar-refractivity contribution in [3.05, 3.63) is 30.5 Å². The Hall–Kier alpha value is -1.56. The van der Waals surface area contributed by atoms with Gasteiger partial charge in [0.2, 0.25) is 0 Å². The SMILES string of the molecule is COCCOCCOCCn1ccc2cccc(N)c21. The number of para-hydroxylation sites is 1. The quantitative estimate of drug-likeness (QED) is 0.562. The maximum atomic E-state index is 6.01. The van der Waals surface area contributed by atoms with E-state index in [1.807, 2.05) is 18.3 Å². The second-order valence-corrected chi connectivity index (χ2v) is 4.51. The van der Waals surface area contributed by atoms with E-state index in [0.717, 1.165) is 23.1 Å². The smallest absolute Gasteiger partial charge is 0.0714 e. The highest BCUT2D eigenvalue weighted by Crippen LogP contribution is 2.21. The first kappa shape index (κ1) is 14.8. The molecule has 0 radical (unpaired) electrons. The third-order valence-corrected chi connectivity index (χ3v) is 3.10. The fourth-order valence-electron chi connectivity index (χ4n) is 2.10. The molecule has 0 aliphatic rings. The average Bonchev–Trinajstić information content (AvgIpc) is 2.86. The lowest BCUT2D eigenvalue weighted by atomic mass is 10.2. The van der Waals surface area contributed by atoms with Gasteiger partial charge in [-0.05, 0) is 12.1 Å². The fourth-order valence-corrected chi connectivity index (χ4v) is 2.10. The molecule has 0 bridgehead atoms. The highest BCUT2D eigenvalue weighted by molar-refractivity contribution is 5.90. The molecule has 2 rings (SSSR count). The lowest BCUT2D eigenvalue weighted by Crippen LogP contribution is -2.11. The van der Waals surface area contributed by atoms with Crippen molar-refractivity contribution in [3.8, 4) is 0 Å². The standard InChI is InChI=1S/C15H22N2O3/c1-18-9-10-20-12-11-19-8-7-17-6-5-13-3-2-4-14(16)15(13)17/h2-6H,7-12,16H2,1H3. The molecule has 0 saturated heterocycles. The van der Waals surface area contributed by atoms with E-state index in [0.29, 0.717) is 33.0 Å². The molecule has 0 aliphatic carbocycles. The van der Waals surface area contributed by atoms with Crippen LogP contribution < -0.4 is 5.73 Å². The van der Waals surface area contributed by atoms with E-state index in [2.05, 4.69) is 16.7 Å². The Kier molecular flexibility index (Phi) is 5.86. The summed E-state index contributed by atoms with van der Waals surface area (Å²) in [6.07, 6.45) is 2.04. The number of methoxy groups -OCH3 is 1. The van der Waals surface area contributed by atoms with Gasteiger partial charge in [0, 0.05) is 25.2 Å². The molecule has 0 atom stereocenters. The number of hydrogen-bond acceptors (Lipinski definition) is 4. The van der Waals surface area contributed by atoms with Crippen LogP contribution in [-0.4, -0.2) is 44.7 Å². The fraction of sp³-hybridized carbons (Fsp3) is 0.467. The molecule has 1 heterocycles. The third-order valence-electron chi connectivity index (χ3n) is 3.10. The predicted octanol–water partition coefficient (Wildman–Crippen LogP) is 1.90. The lowest BCUT2D eigenvalue weighted by molar-refractivity contribution is 0.0232. The monoisotopic (exact) mass is 278 g/mol. The van der Waals surface area contributed by atoms with Crippen LogP contribution in [0.15, 0.2) is 30.5 Å². The molecule has 2 N–H and O–H groups in total. The van der Waals surface area contributed by atoms with Crippen LogP contribution in [0.4, 0.5) is 5.69 Å². The number of anilines is 1. The molecule has 1 aromatic carbocycles. The number of rotatable bonds is 9. The summed E-state index contributed by atoms with van der Waals surface area (Å²) >= 11 is 0. The molecular formula is C15H22N2O3. The largest absolute Gasteiger partial charge is 0.397 e. The second kappa shape index (κ2) is 7.89. The van der Waals surface area contributed by atoms with E-state index < -0.39 is 0 Å². The highest BCUT2D eigenvalue weighted by atomic mass is 16.5. The first-order valence-corrected chi connectivity index (χ1v) is 6.80. The summed E-state index contributed by atoms with van der Waals surface area (Å²) in [6, 6.07) is 8.02. The Bertz CT molecular complexity index is 525. The molecule has 20 heavy (non-hydrogen) atoms. The number of nitrogen functional groups attached to an aromatic ring is 1. The number of hydrogen-bond donors (Lipinski definition) is 1. The number of aromatic nitrogens is 1. The Morgan fingerprint density at radius 1 is 1.00 bits per heavy atom. The topological polar surface area (TPSA) is 58.6 Å². The van der Waals surface area contributed by atoms with Gasteiger partial charge in [0.05, 0.1) is 44.2 Å². The van der Waals surface area contributed by atoms with Gasteiger partial charge in [-0.2, -0.15) is 0 Å². The summed E-state index contributed by atoms with van der Waals surface area (Å²) in [6.45, 7) is 3.85. The van der Waals surface area contributed by atoms with Crippen molar-refractivity contribution in [1.82, 2.24) is 4.57 Å². The van der Waals surface area contributed by atoms with E-state index in [-0.39, 0.29) is 0 Å². The first-order valence-electron chi connectivity index (χ1n) is 6.80.